The van der Waals surface area contributed by atoms with Crippen molar-refractivity contribution in [2.24, 2.45) is 0 Å². The summed E-state index contributed by atoms with van der Waals surface area (Å²) in [5.41, 5.74) is -0.372. The Morgan fingerprint density at radius 3 is 2.13 bits per heavy atom. The zero-order valence-electron chi connectivity index (χ0n) is 16.9. The van der Waals surface area contributed by atoms with Gasteiger partial charge in [0.15, 0.2) is 5.76 Å². The molecule has 0 bridgehead atoms. The van der Waals surface area contributed by atoms with E-state index >= 15 is 0 Å². The highest BCUT2D eigenvalue weighted by molar-refractivity contribution is 5.91. The number of piperazine rings is 1. The number of carbonyl (C=O) groups excluding carboxylic acids is 2. The fraction of sp³-hybridized carbons (Fsp3) is 0.273. The lowest BCUT2D eigenvalue weighted by Crippen LogP contribution is -2.52. The molecule has 2 amide bonds. The van der Waals surface area contributed by atoms with Gasteiger partial charge in [-0.1, -0.05) is 18.2 Å². The first-order chi connectivity index (χ1) is 15.0. The van der Waals surface area contributed by atoms with Crippen LogP contribution in [0.3, 0.4) is 0 Å². The summed E-state index contributed by atoms with van der Waals surface area (Å²) < 4.78 is 7.72. The van der Waals surface area contributed by atoms with Crippen molar-refractivity contribution < 1.29 is 14.0 Å². The Kier molecular flexibility index (Phi) is 5.57. The highest BCUT2D eigenvalue weighted by Gasteiger charge is 2.26. The number of carbonyl (C=O) groups is 2. The van der Waals surface area contributed by atoms with Crippen LogP contribution >= 0.6 is 0 Å². The number of aromatic nitrogens is 2. The van der Waals surface area contributed by atoms with Crippen LogP contribution in [0.2, 0.25) is 0 Å². The standard InChI is InChI=1S/C22H22N4O5/c1-2-9-25-16-6-3-4-7-17(16)26(22(30)21(25)29)15-19(27)23-10-12-24(13-11-23)20(28)18-8-5-14-31-18/h2-8,14H,1,9-13,15H2. The maximum Gasteiger partial charge on any atom is 0.317 e. The minimum absolute atomic E-state index is 0.203. The summed E-state index contributed by atoms with van der Waals surface area (Å²) >= 11 is 0. The third kappa shape index (κ3) is 3.81. The van der Waals surface area contributed by atoms with E-state index in [-0.39, 0.29) is 30.7 Å². The van der Waals surface area contributed by atoms with Gasteiger partial charge in [-0.05, 0) is 24.3 Å². The number of fused-ring (bicyclic) bond motifs is 1. The van der Waals surface area contributed by atoms with Gasteiger partial charge < -0.3 is 14.2 Å². The van der Waals surface area contributed by atoms with Crippen molar-refractivity contribution in [2.45, 2.75) is 13.1 Å². The van der Waals surface area contributed by atoms with E-state index < -0.39 is 11.1 Å². The number of para-hydroxylation sites is 2. The Labute approximate surface area is 177 Å². The molecule has 0 saturated carbocycles. The van der Waals surface area contributed by atoms with E-state index in [1.165, 1.54) is 15.4 Å². The predicted octanol–water partition coefficient (Wildman–Crippen LogP) is 0.927. The summed E-state index contributed by atoms with van der Waals surface area (Å²) in [5.74, 6) is -0.235. The first-order valence-corrected chi connectivity index (χ1v) is 9.95. The summed E-state index contributed by atoms with van der Waals surface area (Å²) in [6.07, 6.45) is 2.99. The third-order valence-electron chi connectivity index (χ3n) is 5.39. The minimum Gasteiger partial charge on any atom is -0.459 e. The summed E-state index contributed by atoms with van der Waals surface area (Å²) in [6, 6.07) is 10.2. The molecule has 0 atom stereocenters. The molecular formula is C22H22N4O5. The molecule has 31 heavy (non-hydrogen) atoms. The van der Waals surface area contributed by atoms with Crippen LogP contribution in [0.5, 0.6) is 0 Å². The third-order valence-corrected chi connectivity index (χ3v) is 5.39. The van der Waals surface area contributed by atoms with Crippen LogP contribution in [-0.2, 0) is 17.9 Å². The SMILES string of the molecule is C=CCn1c(=O)c(=O)n(CC(=O)N2CCN(C(=O)c3ccco3)CC2)c2ccccc21. The fourth-order valence-electron chi connectivity index (χ4n) is 3.79. The molecule has 1 aromatic carbocycles. The van der Waals surface area contributed by atoms with Crippen molar-refractivity contribution in [3.8, 4) is 0 Å². The van der Waals surface area contributed by atoms with Gasteiger partial charge in [0, 0.05) is 32.7 Å². The van der Waals surface area contributed by atoms with Gasteiger partial charge >= 0.3 is 11.1 Å². The van der Waals surface area contributed by atoms with Gasteiger partial charge in [0.2, 0.25) is 5.91 Å². The topological polar surface area (TPSA) is 97.8 Å². The van der Waals surface area contributed by atoms with E-state index in [0.29, 0.717) is 37.2 Å². The molecule has 1 fully saturated rings. The molecule has 1 saturated heterocycles. The first kappa shape index (κ1) is 20.4. The minimum atomic E-state index is -0.750. The lowest BCUT2D eigenvalue weighted by atomic mass is 10.2. The molecule has 0 N–H and O–H groups in total. The van der Waals surface area contributed by atoms with Gasteiger partial charge in [-0.2, -0.15) is 0 Å². The Hall–Kier alpha value is -3.88. The average Bonchev–Trinajstić information content (AvgIpc) is 3.34. The molecule has 9 heteroatoms. The molecule has 0 spiro atoms. The smallest absolute Gasteiger partial charge is 0.317 e. The fourth-order valence-corrected chi connectivity index (χ4v) is 3.79. The Balaban J connectivity index is 1.53. The molecule has 0 unspecified atom stereocenters. The normalized spacial score (nSPS) is 14.1. The second-order valence-electron chi connectivity index (χ2n) is 7.23. The van der Waals surface area contributed by atoms with Crippen LogP contribution < -0.4 is 11.1 Å². The second kappa shape index (κ2) is 8.47. The molecule has 9 nitrogen and oxygen atoms in total. The lowest BCUT2D eigenvalue weighted by Gasteiger charge is -2.34. The van der Waals surface area contributed by atoms with Crippen molar-refractivity contribution in [1.29, 1.82) is 0 Å². The largest absolute Gasteiger partial charge is 0.459 e. The van der Waals surface area contributed by atoms with Crippen LogP contribution in [0, 0.1) is 0 Å². The van der Waals surface area contributed by atoms with Gasteiger partial charge in [0.25, 0.3) is 5.91 Å². The van der Waals surface area contributed by atoms with E-state index in [0.717, 1.165) is 0 Å². The molecule has 3 aromatic rings. The number of hydrogen-bond acceptors (Lipinski definition) is 5. The van der Waals surface area contributed by atoms with E-state index in [4.69, 9.17) is 4.42 Å². The summed E-state index contributed by atoms with van der Waals surface area (Å²) in [4.78, 5) is 53.8. The Morgan fingerprint density at radius 2 is 1.52 bits per heavy atom. The number of rotatable bonds is 5. The van der Waals surface area contributed by atoms with Crippen LogP contribution in [-0.4, -0.2) is 56.9 Å². The van der Waals surface area contributed by atoms with E-state index in [1.807, 2.05) is 0 Å². The van der Waals surface area contributed by atoms with Crippen molar-refractivity contribution in [3.05, 3.63) is 81.8 Å². The van der Waals surface area contributed by atoms with E-state index in [1.54, 1.807) is 52.3 Å². The molecule has 2 aromatic heterocycles. The van der Waals surface area contributed by atoms with Crippen LogP contribution in [0.15, 0.2) is 69.3 Å². The van der Waals surface area contributed by atoms with E-state index in [9.17, 15) is 19.2 Å². The highest BCUT2D eigenvalue weighted by atomic mass is 16.3. The van der Waals surface area contributed by atoms with Crippen molar-refractivity contribution >= 4 is 22.8 Å². The molecule has 0 radical (unpaired) electrons. The Morgan fingerprint density at radius 1 is 0.903 bits per heavy atom. The number of allylic oxidation sites excluding steroid dienone is 1. The maximum absolute atomic E-state index is 12.9. The predicted molar refractivity (Wildman–Crippen MR) is 114 cm³/mol. The van der Waals surface area contributed by atoms with Gasteiger partial charge in [0.05, 0.1) is 17.3 Å². The van der Waals surface area contributed by atoms with E-state index in [2.05, 4.69) is 6.58 Å². The Bertz CT molecular complexity index is 1250. The zero-order valence-corrected chi connectivity index (χ0v) is 16.9. The van der Waals surface area contributed by atoms with Crippen LogP contribution in [0.25, 0.3) is 11.0 Å². The maximum atomic E-state index is 12.9. The summed E-state index contributed by atoms with van der Waals surface area (Å²) in [5, 5.41) is 0. The van der Waals surface area contributed by atoms with Crippen LogP contribution in [0.4, 0.5) is 0 Å². The molecule has 0 aliphatic carbocycles. The number of nitrogens with zero attached hydrogens (tertiary/aromatic N) is 4. The number of amides is 2. The molecule has 4 rings (SSSR count). The number of hydrogen-bond donors (Lipinski definition) is 0. The summed E-state index contributed by atoms with van der Waals surface area (Å²) in [7, 11) is 0. The molecule has 1 aliphatic rings. The van der Waals surface area contributed by atoms with Gasteiger partial charge in [-0.25, -0.2) is 0 Å². The molecule has 160 valence electrons. The quantitative estimate of drug-likeness (QED) is 0.450. The molecular weight excluding hydrogens is 400 g/mol. The molecule has 3 heterocycles. The van der Waals surface area contributed by atoms with Crippen LogP contribution in [0.1, 0.15) is 10.6 Å². The van der Waals surface area contributed by atoms with Crippen molar-refractivity contribution in [2.75, 3.05) is 26.2 Å². The summed E-state index contributed by atoms with van der Waals surface area (Å²) in [6.45, 7) is 5.00. The number of furan rings is 1. The average molecular weight is 422 g/mol. The molecule has 1 aliphatic heterocycles. The van der Waals surface area contributed by atoms with Gasteiger partial charge in [0.1, 0.15) is 6.54 Å². The van der Waals surface area contributed by atoms with Gasteiger partial charge in [-0.15, -0.1) is 6.58 Å². The monoisotopic (exact) mass is 422 g/mol. The lowest BCUT2D eigenvalue weighted by molar-refractivity contribution is -0.133. The van der Waals surface area contributed by atoms with Crippen molar-refractivity contribution in [1.82, 2.24) is 18.9 Å². The highest BCUT2D eigenvalue weighted by Crippen LogP contribution is 2.13. The van der Waals surface area contributed by atoms with Gasteiger partial charge in [-0.3, -0.25) is 28.3 Å². The first-order valence-electron chi connectivity index (χ1n) is 9.95. The van der Waals surface area contributed by atoms with Crippen molar-refractivity contribution in [3.63, 3.8) is 0 Å². The zero-order chi connectivity index (χ0) is 22.0. The number of benzene rings is 1. The second-order valence-corrected chi connectivity index (χ2v) is 7.23.